The van der Waals surface area contributed by atoms with Crippen molar-refractivity contribution < 1.29 is 4.74 Å². The maximum Gasteiger partial charge on any atom is 0.0568 e. The Kier molecular flexibility index (Phi) is 3.25. The van der Waals surface area contributed by atoms with Gasteiger partial charge in [-0.2, -0.15) is 0 Å². The summed E-state index contributed by atoms with van der Waals surface area (Å²) in [4.78, 5) is 0. The molecule has 0 N–H and O–H groups in total. The van der Waals surface area contributed by atoms with Crippen LogP contribution in [0.15, 0.2) is 42.0 Å². The third kappa shape index (κ3) is 1.72. The highest BCUT2D eigenvalue weighted by Crippen LogP contribution is 2.42. The number of allylic oxidation sites excluding steroid dienone is 3. The Morgan fingerprint density at radius 2 is 2.06 bits per heavy atom. The molecular formula is C15H18O. The smallest absolute Gasteiger partial charge is 0.0568 e. The van der Waals surface area contributed by atoms with Crippen LogP contribution in [-0.2, 0) is 4.74 Å². The van der Waals surface area contributed by atoms with Gasteiger partial charge in [0.1, 0.15) is 0 Å². The summed E-state index contributed by atoms with van der Waals surface area (Å²) in [5, 5.41) is 0. The minimum absolute atomic E-state index is 0.424. The maximum atomic E-state index is 5.32. The molecule has 2 rings (SSSR count). The van der Waals surface area contributed by atoms with Crippen molar-refractivity contribution in [2.45, 2.75) is 19.8 Å². The average molecular weight is 214 g/mol. The molecule has 1 unspecified atom stereocenters. The summed E-state index contributed by atoms with van der Waals surface area (Å²) in [5.74, 6) is 0.424. The lowest BCUT2D eigenvalue weighted by Gasteiger charge is -2.12. The Labute approximate surface area is 97.4 Å². The summed E-state index contributed by atoms with van der Waals surface area (Å²) in [7, 11) is 1.77. The highest BCUT2D eigenvalue weighted by atomic mass is 16.5. The molecule has 0 fully saturated rings. The van der Waals surface area contributed by atoms with Crippen molar-refractivity contribution in [3.8, 4) is 0 Å². The molecule has 0 heterocycles. The van der Waals surface area contributed by atoms with Crippen molar-refractivity contribution in [2.24, 2.45) is 0 Å². The van der Waals surface area contributed by atoms with Crippen LogP contribution < -0.4 is 0 Å². The molecule has 1 nitrogen and oxygen atoms in total. The minimum atomic E-state index is 0.424. The number of hydrogen-bond donors (Lipinski definition) is 0. The summed E-state index contributed by atoms with van der Waals surface area (Å²) in [6.45, 7) is 5.04. The van der Waals surface area contributed by atoms with Gasteiger partial charge in [0, 0.05) is 13.0 Å². The van der Waals surface area contributed by atoms with Gasteiger partial charge in [-0.1, -0.05) is 42.0 Å². The SMILES string of the molecule is C/C=C\C1=C(C)C(COC)c2ccccc21. The van der Waals surface area contributed by atoms with E-state index in [1.807, 2.05) is 0 Å². The van der Waals surface area contributed by atoms with Crippen LogP contribution in [0, 0.1) is 0 Å². The van der Waals surface area contributed by atoms with E-state index in [-0.39, 0.29) is 0 Å². The number of hydrogen-bond acceptors (Lipinski definition) is 1. The lowest BCUT2D eigenvalue weighted by atomic mass is 9.98. The van der Waals surface area contributed by atoms with Gasteiger partial charge in [0.15, 0.2) is 0 Å². The Morgan fingerprint density at radius 1 is 1.31 bits per heavy atom. The van der Waals surface area contributed by atoms with Crippen molar-refractivity contribution in [3.05, 3.63) is 53.1 Å². The highest BCUT2D eigenvalue weighted by molar-refractivity contribution is 5.84. The first-order valence-electron chi connectivity index (χ1n) is 5.71. The van der Waals surface area contributed by atoms with Gasteiger partial charge in [-0.05, 0) is 30.5 Å². The molecule has 0 aliphatic heterocycles. The van der Waals surface area contributed by atoms with Crippen LogP contribution in [0.3, 0.4) is 0 Å². The number of ether oxygens (including phenoxy) is 1. The van der Waals surface area contributed by atoms with Gasteiger partial charge in [0.05, 0.1) is 6.61 Å². The van der Waals surface area contributed by atoms with E-state index in [9.17, 15) is 0 Å². The molecule has 0 amide bonds. The van der Waals surface area contributed by atoms with Crippen molar-refractivity contribution >= 4 is 5.57 Å². The molecule has 0 spiro atoms. The van der Waals surface area contributed by atoms with Crippen LogP contribution in [0.1, 0.15) is 30.9 Å². The van der Waals surface area contributed by atoms with Crippen molar-refractivity contribution in [2.75, 3.05) is 13.7 Å². The van der Waals surface area contributed by atoms with Gasteiger partial charge in [-0.15, -0.1) is 0 Å². The molecule has 1 atom stereocenters. The Balaban J connectivity index is 2.51. The number of benzene rings is 1. The minimum Gasteiger partial charge on any atom is -0.384 e. The molecule has 1 heteroatoms. The highest BCUT2D eigenvalue weighted by Gasteiger charge is 2.26. The van der Waals surface area contributed by atoms with E-state index in [1.165, 1.54) is 22.3 Å². The molecule has 0 radical (unpaired) electrons. The van der Waals surface area contributed by atoms with E-state index in [0.717, 1.165) is 6.61 Å². The monoisotopic (exact) mass is 214 g/mol. The normalized spacial score (nSPS) is 19.6. The fraction of sp³-hybridized carbons (Fsp3) is 0.333. The molecule has 84 valence electrons. The molecule has 0 bridgehead atoms. The third-order valence-corrected chi connectivity index (χ3v) is 3.24. The summed E-state index contributed by atoms with van der Waals surface area (Å²) in [5.41, 5.74) is 5.54. The Hall–Kier alpha value is -1.34. The first-order chi connectivity index (χ1) is 7.79. The lowest BCUT2D eigenvalue weighted by molar-refractivity contribution is 0.189. The summed E-state index contributed by atoms with van der Waals surface area (Å²) < 4.78 is 5.32. The zero-order valence-corrected chi connectivity index (χ0v) is 10.2. The summed E-state index contributed by atoms with van der Waals surface area (Å²) in [6.07, 6.45) is 4.30. The van der Waals surface area contributed by atoms with Crippen molar-refractivity contribution in [3.63, 3.8) is 0 Å². The van der Waals surface area contributed by atoms with Crippen molar-refractivity contribution in [1.29, 1.82) is 0 Å². The number of rotatable bonds is 3. The average Bonchev–Trinajstić information content (AvgIpc) is 2.56. The second kappa shape index (κ2) is 4.67. The topological polar surface area (TPSA) is 9.23 Å². The Morgan fingerprint density at radius 3 is 2.75 bits per heavy atom. The van der Waals surface area contributed by atoms with Crippen LogP contribution in [0.25, 0.3) is 5.57 Å². The summed E-state index contributed by atoms with van der Waals surface area (Å²) >= 11 is 0. The van der Waals surface area contributed by atoms with Gasteiger partial charge < -0.3 is 4.74 Å². The van der Waals surface area contributed by atoms with E-state index < -0.39 is 0 Å². The fourth-order valence-electron chi connectivity index (χ4n) is 2.45. The molecule has 0 saturated heterocycles. The van der Waals surface area contributed by atoms with E-state index in [0.29, 0.717) is 5.92 Å². The fourth-order valence-corrected chi connectivity index (χ4v) is 2.45. The predicted molar refractivity (Wildman–Crippen MR) is 68.5 cm³/mol. The van der Waals surface area contributed by atoms with E-state index in [1.54, 1.807) is 7.11 Å². The molecule has 16 heavy (non-hydrogen) atoms. The Bertz CT molecular complexity index is 441. The first kappa shape index (κ1) is 11.2. The standard InChI is InChI=1S/C15H18O/c1-4-7-12-11(2)15(10-16-3)14-9-6-5-8-13(12)14/h4-9,15H,10H2,1-3H3/b7-4-. The molecule has 0 aromatic heterocycles. The van der Waals surface area contributed by atoms with Gasteiger partial charge in [0.25, 0.3) is 0 Å². The first-order valence-corrected chi connectivity index (χ1v) is 5.71. The molecule has 1 aromatic rings. The number of methoxy groups -OCH3 is 1. The maximum absolute atomic E-state index is 5.32. The van der Waals surface area contributed by atoms with E-state index >= 15 is 0 Å². The number of fused-ring (bicyclic) bond motifs is 1. The van der Waals surface area contributed by atoms with Crippen LogP contribution in [0.5, 0.6) is 0 Å². The van der Waals surface area contributed by atoms with Crippen LogP contribution >= 0.6 is 0 Å². The van der Waals surface area contributed by atoms with Gasteiger partial charge >= 0.3 is 0 Å². The zero-order chi connectivity index (χ0) is 11.5. The molecular weight excluding hydrogens is 196 g/mol. The van der Waals surface area contributed by atoms with E-state index in [2.05, 4.69) is 50.3 Å². The van der Waals surface area contributed by atoms with Crippen LogP contribution in [0.2, 0.25) is 0 Å². The molecule has 0 saturated carbocycles. The van der Waals surface area contributed by atoms with Gasteiger partial charge in [0.2, 0.25) is 0 Å². The zero-order valence-electron chi connectivity index (χ0n) is 10.2. The second-order valence-corrected chi connectivity index (χ2v) is 4.19. The second-order valence-electron chi connectivity index (χ2n) is 4.19. The van der Waals surface area contributed by atoms with E-state index in [4.69, 9.17) is 4.74 Å². The third-order valence-electron chi connectivity index (χ3n) is 3.24. The van der Waals surface area contributed by atoms with Gasteiger partial charge in [-0.3, -0.25) is 0 Å². The van der Waals surface area contributed by atoms with Gasteiger partial charge in [-0.25, -0.2) is 0 Å². The predicted octanol–water partition coefficient (Wildman–Crippen LogP) is 3.78. The largest absolute Gasteiger partial charge is 0.384 e. The molecule has 1 aromatic carbocycles. The molecule has 1 aliphatic carbocycles. The molecule has 1 aliphatic rings. The van der Waals surface area contributed by atoms with Crippen LogP contribution in [-0.4, -0.2) is 13.7 Å². The quantitative estimate of drug-likeness (QED) is 0.744. The van der Waals surface area contributed by atoms with Crippen LogP contribution in [0.4, 0.5) is 0 Å². The lowest BCUT2D eigenvalue weighted by Crippen LogP contribution is -2.04. The van der Waals surface area contributed by atoms with Crippen molar-refractivity contribution in [1.82, 2.24) is 0 Å². The summed E-state index contributed by atoms with van der Waals surface area (Å²) in [6, 6.07) is 8.61.